The molecule has 0 spiro atoms. The van der Waals surface area contributed by atoms with Crippen molar-refractivity contribution in [3.05, 3.63) is 30.3 Å². The minimum Gasteiger partial charge on any atom is -0.480 e. The Balaban J connectivity index is 2.33. The molecular formula is C14H20N2O4S. The molecule has 1 aliphatic rings. The van der Waals surface area contributed by atoms with Crippen LogP contribution in [0.4, 0.5) is 5.69 Å². The maximum absolute atomic E-state index is 12.8. The molecule has 0 bridgehead atoms. The van der Waals surface area contributed by atoms with Gasteiger partial charge in [-0.25, -0.2) is 4.31 Å². The molecule has 6 nitrogen and oxygen atoms in total. The average molecular weight is 312 g/mol. The molecular weight excluding hydrogens is 292 g/mol. The number of para-hydroxylation sites is 1. The molecule has 116 valence electrons. The maximum atomic E-state index is 12.8. The van der Waals surface area contributed by atoms with Crippen LogP contribution >= 0.6 is 0 Å². The molecule has 1 heterocycles. The molecule has 2 rings (SSSR count). The van der Waals surface area contributed by atoms with E-state index in [0.717, 1.165) is 17.1 Å². The zero-order valence-corrected chi connectivity index (χ0v) is 12.8. The van der Waals surface area contributed by atoms with E-state index in [1.165, 1.54) is 4.31 Å². The van der Waals surface area contributed by atoms with Crippen LogP contribution in [-0.2, 0) is 15.0 Å². The fourth-order valence-electron chi connectivity index (χ4n) is 2.52. The predicted molar refractivity (Wildman–Crippen MR) is 80.3 cm³/mol. The number of hydrogen-bond donors (Lipinski definition) is 1. The molecule has 1 aromatic carbocycles. The van der Waals surface area contributed by atoms with Crippen molar-refractivity contribution in [2.75, 3.05) is 23.9 Å². The van der Waals surface area contributed by atoms with Gasteiger partial charge in [0.05, 0.1) is 5.69 Å². The quantitative estimate of drug-likeness (QED) is 0.895. The molecule has 1 aliphatic heterocycles. The highest BCUT2D eigenvalue weighted by Gasteiger charge is 2.33. The van der Waals surface area contributed by atoms with Gasteiger partial charge in [-0.2, -0.15) is 12.7 Å². The highest BCUT2D eigenvalue weighted by Crippen LogP contribution is 2.24. The molecule has 1 aromatic rings. The first-order valence-electron chi connectivity index (χ1n) is 6.96. The monoisotopic (exact) mass is 312 g/mol. The van der Waals surface area contributed by atoms with Gasteiger partial charge in [0, 0.05) is 13.1 Å². The van der Waals surface area contributed by atoms with E-state index < -0.39 is 22.7 Å². The zero-order chi connectivity index (χ0) is 15.5. The predicted octanol–water partition coefficient (Wildman–Crippen LogP) is 1.55. The Morgan fingerprint density at radius 2 is 2.05 bits per heavy atom. The van der Waals surface area contributed by atoms with E-state index in [-0.39, 0.29) is 5.92 Å². The molecule has 0 aliphatic carbocycles. The van der Waals surface area contributed by atoms with E-state index in [4.69, 9.17) is 5.11 Å². The number of rotatable bonds is 5. The first-order chi connectivity index (χ1) is 9.91. The molecule has 1 N–H and O–H groups in total. The van der Waals surface area contributed by atoms with Crippen molar-refractivity contribution in [1.29, 1.82) is 0 Å². The number of anilines is 1. The molecule has 1 atom stereocenters. The molecule has 0 aromatic heterocycles. The van der Waals surface area contributed by atoms with Crippen LogP contribution in [0, 0.1) is 5.92 Å². The summed E-state index contributed by atoms with van der Waals surface area (Å²) in [6.45, 7) is 2.31. The van der Waals surface area contributed by atoms with Crippen LogP contribution in [0.15, 0.2) is 30.3 Å². The third kappa shape index (κ3) is 3.74. The van der Waals surface area contributed by atoms with Gasteiger partial charge in [0.1, 0.15) is 6.54 Å². The lowest BCUT2D eigenvalue weighted by atomic mass is 10.0. The van der Waals surface area contributed by atoms with Gasteiger partial charge in [0.2, 0.25) is 0 Å². The number of benzene rings is 1. The van der Waals surface area contributed by atoms with Crippen molar-refractivity contribution < 1.29 is 18.3 Å². The third-order valence-corrected chi connectivity index (χ3v) is 5.43. The Morgan fingerprint density at radius 3 is 2.62 bits per heavy atom. The summed E-state index contributed by atoms with van der Waals surface area (Å²) in [6.07, 6.45) is 1.80. The standard InChI is InChI=1S/C14H20N2O4S/c1-12-6-5-9-15(10-12)21(19,20)16(11-14(17)18)13-7-3-2-4-8-13/h2-4,7-8,12H,5-6,9-11H2,1H3,(H,17,18). The fraction of sp³-hybridized carbons (Fsp3) is 0.500. The van der Waals surface area contributed by atoms with Crippen LogP contribution in [0.2, 0.25) is 0 Å². The Hall–Kier alpha value is -1.60. The minimum absolute atomic E-state index is 0.288. The minimum atomic E-state index is -3.82. The second-order valence-corrected chi connectivity index (χ2v) is 7.20. The van der Waals surface area contributed by atoms with E-state index in [0.29, 0.717) is 18.8 Å². The third-order valence-electron chi connectivity index (χ3n) is 3.55. The van der Waals surface area contributed by atoms with Gasteiger partial charge in [-0.3, -0.25) is 4.79 Å². The molecule has 0 radical (unpaired) electrons. The van der Waals surface area contributed by atoms with Crippen LogP contribution in [-0.4, -0.2) is 43.4 Å². The van der Waals surface area contributed by atoms with Gasteiger partial charge < -0.3 is 5.11 Å². The SMILES string of the molecule is CC1CCCN(S(=O)(=O)N(CC(=O)O)c2ccccc2)C1. The fourth-order valence-corrected chi connectivity index (χ4v) is 4.26. The highest BCUT2D eigenvalue weighted by atomic mass is 32.2. The zero-order valence-electron chi connectivity index (χ0n) is 12.0. The lowest BCUT2D eigenvalue weighted by Gasteiger charge is -2.34. The van der Waals surface area contributed by atoms with E-state index in [1.807, 2.05) is 6.92 Å². The molecule has 0 amide bonds. The number of carboxylic acid groups (broad SMARTS) is 1. The number of nitrogens with zero attached hydrogens (tertiary/aromatic N) is 2. The summed E-state index contributed by atoms with van der Waals surface area (Å²) in [5.74, 6) is -0.886. The van der Waals surface area contributed by atoms with E-state index in [2.05, 4.69) is 0 Å². The number of carboxylic acids is 1. The summed E-state index contributed by atoms with van der Waals surface area (Å²) in [5, 5.41) is 9.03. The van der Waals surface area contributed by atoms with Crippen molar-refractivity contribution in [2.24, 2.45) is 5.92 Å². The van der Waals surface area contributed by atoms with Crippen molar-refractivity contribution in [2.45, 2.75) is 19.8 Å². The number of carbonyl (C=O) groups is 1. The van der Waals surface area contributed by atoms with Crippen LogP contribution < -0.4 is 4.31 Å². The molecule has 7 heteroatoms. The molecule has 1 fully saturated rings. The summed E-state index contributed by atoms with van der Waals surface area (Å²) < 4.78 is 27.9. The number of piperidine rings is 1. The molecule has 21 heavy (non-hydrogen) atoms. The Morgan fingerprint density at radius 1 is 1.38 bits per heavy atom. The van der Waals surface area contributed by atoms with Crippen LogP contribution in [0.3, 0.4) is 0 Å². The normalized spacial score (nSPS) is 20.1. The van der Waals surface area contributed by atoms with Gasteiger partial charge in [-0.05, 0) is 30.9 Å². The number of hydrogen-bond acceptors (Lipinski definition) is 3. The average Bonchev–Trinajstić information content (AvgIpc) is 2.45. The van der Waals surface area contributed by atoms with Crippen LogP contribution in [0.1, 0.15) is 19.8 Å². The Bertz CT molecular complexity index is 588. The van der Waals surface area contributed by atoms with Crippen molar-refractivity contribution in [1.82, 2.24) is 4.31 Å². The van der Waals surface area contributed by atoms with Gasteiger partial charge >= 0.3 is 16.2 Å². The van der Waals surface area contributed by atoms with Gasteiger partial charge in [-0.1, -0.05) is 25.1 Å². The van der Waals surface area contributed by atoms with E-state index >= 15 is 0 Å². The summed E-state index contributed by atoms with van der Waals surface area (Å²) in [5.41, 5.74) is 0.373. The smallest absolute Gasteiger partial charge is 0.324 e. The van der Waals surface area contributed by atoms with Gasteiger partial charge in [0.25, 0.3) is 0 Å². The van der Waals surface area contributed by atoms with Crippen molar-refractivity contribution in [3.8, 4) is 0 Å². The topological polar surface area (TPSA) is 77.9 Å². The molecule has 0 saturated carbocycles. The first-order valence-corrected chi connectivity index (χ1v) is 8.35. The second kappa shape index (κ2) is 6.44. The largest absolute Gasteiger partial charge is 0.480 e. The highest BCUT2D eigenvalue weighted by molar-refractivity contribution is 7.90. The maximum Gasteiger partial charge on any atom is 0.324 e. The summed E-state index contributed by atoms with van der Waals surface area (Å²) in [4.78, 5) is 11.1. The Kier molecular flexibility index (Phi) is 4.84. The Labute approximate surface area is 125 Å². The summed E-state index contributed by atoms with van der Waals surface area (Å²) in [6, 6.07) is 8.36. The lowest BCUT2D eigenvalue weighted by molar-refractivity contribution is -0.135. The van der Waals surface area contributed by atoms with Gasteiger partial charge in [-0.15, -0.1) is 0 Å². The van der Waals surface area contributed by atoms with Crippen LogP contribution in [0.25, 0.3) is 0 Å². The molecule has 1 unspecified atom stereocenters. The van der Waals surface area contributed by atoms with Gasteiger partial charge in [0.15, 0.2) is 0 Å². The van der Waals surface area contributed by atoms with E-state index in [1.54, 1.807) is 30.3 Å². The summed E-state index contributed by atoms with van der Waals surface area (Å²) >= 11 is 0. The van der Waals surface area contributed by atoms with E-state index in [9.17, 15) is 13.2 Å². The second-order valence-electron chi connectivity index (χ2n) is 5.35. The molecule has 1 saturated heterocycles. The lowest BCUT2D eigenvalue weighted by Crippen LogP contribution is -2.49. The van der Waals surface area contributed by atoms with Crippen LogP contribution in [0.5, 0.6) is 0 Å². The number of aliphatic carboxylic acids is 1. The van der Waals surface area contributed by atoms with Crippen molar-refractivity contribution >= 4 is 21.9 Å². The first kappa shape index (κ1) is 15.8. The summed E-state index contributed by atoms with van der Waals surface area (Å²) in [7, 11) is -3.82. The van der Waals surface area contributed by atoms with Crippen molar-refractivity contribution in [3.63, 3.8) is 0 Å².